The summed E-state index contributed by atoms with van der Waals surface area (Å²) < 4.78 is 36.2. The lowest BCUT2D eigenvalue weighted by molar-refractivity contribution is -0.182. The molecule has 2 atom stereocenters. The number of halogens is 4. The van der Waals surface area contributed by atoms with Gasteiger partial charge in [0.05, 0.1) is 5.92 Å². The molecule has 1 fully saturated rings. The van der Waals surface area contributed by atoms with Crippen molar-refractivity contribution in [3.63, 3.8) is 0 Å². The first kappa shape index (κ1) is 12.0. The molecule has 1 saturated carbocycles. The average molecular weight is 204 g/mol. The smallest absolute Gasteiger partial charge is 0.328 e. The van der Waals surface area contributed by atoms with Crippen LogP contribution in [-0.4, -0.2) is 12.2 Å². The number of nitrogens with two attached hydrogens (primary N) is 1. The summed E-state index contributed by atoms with van der Waals surface area (Å²) in [6, 6.07) is -0.240. The molecule has 2 N–H and O–H groups in total. The Hall–Kier alpha value is 0.0400. The zero-order valence-electron chi connectivity index (χ0n) is 6.60. The molecule has 0 aromatic rings. The van der Waals surface area contributed by atoms with Crippen LogP contribution in [-0.2, 0) is 0 Å². The molecule has 12 heavy (non-hydrogen) atoms. The molecule has 0 amide bonds. The van der Waals surface area contributed by atoms with Crippen LogP contribution < -0.4 is 5.73 Å². The van der Waals surface area contributed by atoms with Crippen LogP contribution in [0.3, 0.4) is 0 Å². The SMILES string of the molecule is Cl.N[C@@H]1CCC[C@@H](C(F)(F)F)C1. The Balaban J connectivity index is 0.00000121. The van der Waals surface area contributed by atoms with Gasteiger partial charge in [0, 0.05) is 6.04 Å². The second-order valence-corrected chi connectivity index (χ2v) is 3.17. The van der Waals surface area contributed by atoms with E-state index in [-0.39, 0.29) is 31.3 Å². The van der Waals surface area contributed by atoms with E-state index in [4.69, 9.17) is 5.73 Å². The minimum absolute atomic E-state index is 0. The lowest BCUT2D eigenvalue weighted by atomic mass is 9.86. The fourth-order valence-corrected chi connectivity index (χ4v) is 1.52. The van der Waals surface area contributed by atoms with Crippen LogP contribution in [0.15, 0.2) is 0 Å². The highest BCUT2D eigenvalue weighted by molar-refractivity contribution is 5.85. The molecule has 0 spiro atoms. The quantitative estimate of drug-likeness (QED) is 0.643. The molecule has 1 aliphatic carbocycles. The van der Waals surface area contributed by atoms with Gasteiger partial charge in [-0.1, -0.05) is 6.42 Å². The van der Waals surface area contributed by atoms with E-state index < -0.39 is 12.1 Å². The van der Waals surface area contributed by atoms with Gasteiger partial charge < -0.3 is 5.73 Å². The molecule has 1 aliphatic rings. The zero-order chi connectivity index (χ0) is 8.48. The first-order valence-corrected chi connectivity index (χ1v) is 3.82. The summed E-state index contributed by atoms with van der Waals surface area (Å²) in [5.41, 5.74) is 5.42. The van der Waals surface area contributed by atoms with E-state index in [1.807, 2.05) is 0 Å². The molecular formula is C7H13ClF3N. The summed E-state index contributed by atoms with van der Waals surface area (Å²) >= 11 is 0. The molecule has 1 nitrogen and oxygen atoms in total. The molecule has 0 radical (unpaired) electrons. The van der Waals surface area contributed by atoms with Crippen LogP contribution in [0.1, 0.15) is 25.7 Å². The Morgan fingerprint density at radius 2 is 1.75 bits per heavy atom. The second-order valence-electron chi connectivity index (χ2n) is 3.17. The monoisotopic (exact) mass is 203 g/mol. The van der Waals surface area contributed by atoms with E-state index in [0.29, 0.717) is 6.42 Å². The van der Waals surface area contributed by atoms with Gasteiger partial charge in [-0.15, -0.1) is 12.4 Å². The molecule has 74 valence electrons. The van der Waals surface area contributed by atoms with Crippen molar-refractivity contribution in [2.24, 2.45) is 11.7 Å². The van der Waals surface area contributed by atoms with Gasteiger partial charge in [-0.3, -0.25) is 0 Å². The summed E-state index contributed by atoms with van der Waals surface area (Å²) in [6.45, 7) is 0. The first-order chi connectivity index (χ1) is 5.00. The molecule has 0 aliphatic heterocycles. The van der Waals surface area contributed by atoms with Crippen molar-refractivity contribution < 1.29 is 13.2 Å². The van der Waals surface area contributed by atoms with Crippen molar-refractivity contribution >= 4 is 12.4 Å². The minimum atomic E-state index is -4.03. The van der Waals surface area contributed by atoms with Crippen LogP contribution >= 0.6 is 12.4 Å². The average Bonchev–Trinajstić information content (AvgIpc) is 1.86. The summed E-state index contributed by atoms with van der Waals surface area (Å²) in [5.74, 6) is -1.15. The van der Waals surface area contributed by atoms with Crippen molar-refractivity contribution in [1.82, 2.24) is 0 Å². The van der Waals surface area contributed by atoms with Gasteiger partial charge in [0.1, 0.15) is 0 Å². The van der Waals surface area contributed by atoms with Crippen LogP contribution in [0.25, 0.3) is 0 Å². The maximum atomic E-state index is 12.1. The van der Waals surface area contributed by atoms with E-state index in [0.717, 1.165) is 6.42 Å². The fraction of sp³-hybridized carbons (Fsp3) is 1.00. The van der Waals surface area contributed by atoms with E-state index >= 15 is 0 Å². The molecule has 0 aromatic heterocycles. The Morgan fingerprint density at radius 1 is 1.17 bits per heavy atom. The topological polar surface area (TPSA) is 26.0 Å². The number of hydrogen-bond acceptors (Lipinski definition) is 1. The lowest BCUT2D eigenvalue weighted by Gasteiger charge is -2.28. The van der Waals surface area contributed by atoms with E-state index in [9.17, 15) is 13.2 Å². The standard InChI is InChI=1S/C7H12F3N.ClH/c8-7(9,10)5-2-1-3-6(11)4-5;/h5-6H,1-4,11H2;1H/t5-,6-;/m1./s1. The Labute approximate surface area is 75.9 Å². The van der Waals surface area contributed by atoms with E-state index in [1.165, 1.54) is 0 Å². The van der Waals surface area contributed by atoms with E-state index in [2.05, 4.69) is 0 Å². The number of hydrogen-bond donors (Lipinski definition) is 1. The van der Waals surface area contributed by atoms with Crippen LogP contribution in [0.4, 0.5) is 13.2 Å². The van der Waals surface area contributed by atoms with E-state index in [1.54, 1.807) is 0 Å². The van der Waals surface area contributed by atoms with Gasteiger partial charge in [0.15, 0.2) is 0 Å². The first-order valence-electron chi connectivity index (χ1n) is 3.82. The summed E-state index contributed by atoms with van der Waals surface area (Å²) in [5, 5.41) is 0. The van der Waals surface area contributed by atoms with Crippen LogP contribution in [0.5, 0.6) is 0 Å². The Bertz CT molecular complexity index is 137. The molecule has 1 rings (SSSR count). The van der Waals surface area contributed by atoms with Crippen molar-refractivity contribution in [2.45, 2.75) is 37.9 Å². The largest absolute Gasteiger partial charge is 0.391 e. The molecule has 0 heterocycles. The van der Waals surface area contributed by atoms with Crippen molar-refractivity contribution in [3.8, 4) is 0 Å². The van der Waals surface area contributed by atoms with Gasteiger partial charge in [0.2, 0.25) is 0 Å². The summed E-state index contributed by atoms with van der Waals surface area (Å²) in [7, 11) is 0. The highest BCUT2D eigenvalue weighted by Gasteiger charge is 2.41. The molecule has 0 saturated heterocycles. The van der Waals surface area contributed by atoms with Gasteiger partial charge in [-0.25, -0.2) is 0 Å². The third kappa shape index (κ3) is 3.19. The van der Waals surface area contributed by atoms with Gasteiger partial charge in [-0.2, -0.15) is 13.2 Å². The predicted molar refractivity (Wildman–Crippen MR) is 43.2 cm³/mol. The number of rotatable bonds is 0. The normalized spacial score (nSPS) is 31.0. The minimum Gasteiger partial charge on any atom is -0.328 e. The molecule has 0 aromatic carbocycles. The molecule has 5 heteroatoms. The van der Waals surface area contributed by atoms with Gasteiger partial charge in [-0.05, 0) is 19.3 Å². The maximum absolute atomic E-state index is 12.1. The van der Waals surface area contributed by atoms with Crippen molar-refractivity contribution in [2.75, 3.05) is 0 Å². The third-order valence-corrected chi connectivity index (χ3v) is 2.18. The fourth-order valence-electron chi connectivity index (χ4n) is 1.52. The Kier molecular flexibility index (Phi) is 4.34. The lowest BCUT2D eigenvalue weighted by Crippen LogP contribution is -2.35. The highest BCUT2D eigenvalue weighted by atomic mass is 35.5. The van der Waals surface area contributed by atoms with Crippen LogP contribution in [0.2, 0.25) is 0 Å². The number of alkyl halides is 3. The second kappa shape index (κ2) is 4.33. The molecular weight excluding hydrogens is 191 g/mol. The van der Waals surface area contributed by atoms with Crippen molar-refractivity contribution in [1.29, 1.82) is 0 Å². The predicted octanol–water partition coefficient (Wildman–Crippen LogP) is 2.49. The van der Waals surface area contributed by atoms with Crippen LogP contribution in [0, 0.1) is 5.92 Å². The van der Waals surface area contributed by atoms with Gasteiger partial charge in [0.25, 0.3) is 0 Å². The summed E-state index contributed by atoms with van der Waals surface area (Å²) in [6.07, 6.45) is -2.29. The molecule has 0 unspecified atom stereocenters. The maximum Gasteiger partial charge on any atom is 0.391 e. The highest BCUT2D eigenvalue weighted by Crippen LogP contribution is 2.36. The van der Waals surface area contributed by atoms with Crippen molar-refractivity contribution in [3.05, 3.63) is 0 Å². The zero-order valence-corrected chi connectivity index (χ0v) is 7.42. The Morgan fingerprint density at radius 3 is 2.08 bits per heavy atom. The molecule has 0 bridgehead atoms. The van der Waals surface area contributed by atoms with Gasteiger partial charge >= 0.3 is 6.18 Å². The third-order valence-electron chi connectivity index (χ3n) is 2.18. The summed E-state index contributed by atoms with van der Waals surface area (Å²) in [4.78, 5) is 0.